The minimum absolute atomic E-state index is 0.0272. The van der Waals surface area contributed by atoms with E-state index in [4.69, 9.17) is 0 Å². The minimum Gasteiger partial charge on any atom is -0.348 e. The average Bonchev–Trinajstić information content (AvgIpc) is 2.95. The van der Waals surface area contributed by atoms with Crippen LogP contribution in [0.1, 0.15) is 11.3 Å². The largest absolute Gasteiger partial charge is 0.348 e. The molecule has 3 rings (SSSR count). The van der Waals surface area contributed by atoms with E-state index < -0.39 is 17.5 Å². The molecule has 2 N–H and O–H groups in total. The maximum atomic E-state index is 13.5. The molecule has 0 aliphatic heterocycles. The summed E-state index contributed by atoms with van der Waals surface area (Å²) in [6, 6.07) is 6.82. The van der Waals surface area contributed by atoms with Crippen molar-refractivity contribution >= 4 is 23.0 Å². The maximum absolute atomic E-state index is 13.5. The van der Waals surface area contributed by atoms with Gasteiger partial charge in [0.15, 0.2) is 5.65 Å². The topological polar surface area (TPSA) is 70.7 Å². The van der Waals surface area contributed by atoms with Gasteiger partial charge in [-0.25, -0.2) is 13.8 Å². The molecule has 7 heteroatoms. The van der Waals surface area contributed by atoms with Gasteiger partial charge in [-0.05, 0) is 24.3 Å². The second-order valence-electron chi connectivity index (χ2n) is 4.80. The van der Waals surface area contributed by atoms with Crippen molar-refractivity contribution in [2.24, 2.45) is 0 Å². The van der Waals surface area contributed by atoms with Crippen LogP contribution in [0.3, 0.4) is 0 Å². The first-order chi connectivity index (χ1) is 11.1. The average molecular weight is 314 g/mol. The monoisotopic (exact) mass is 314 g/mol. The Morgan fingerprint density at radius 3 is 3.00 bits per heavy atom. The Hall–Kier alpha value is -3.09. The van der Waals surface area contributed by atoms with Crippen LogP contribution in [0.4, 0.5) is 8.78 Å². The summed E-state index contributed by atoms with van der Waals surface area (Å²) in [4.78, 5) is 15.9. The van der Waals surface area contributed by atoms with Crippen LogP contribution < -0.4 is 5.32 Å². The molecule has 0 bridgehead atoms. The zero-order valence-electron chi connectivity index (χ0n) is 11.9. The molecule has 5 nitrogen and oxygen atoms in total. The van der Waals surface area contributed by atoms with Crippen molar-refractivity contribution in [1.29, 1.82) is 0 Å². The number of nitrogens with zero attached hydrogens (tertiary/aromatic N) is 2. The summed E-state index contributed by atoms with van der Waals surface area (Å²) in [5.74, 6) is -1.75. The third kappa shape index (κ3) is 3.39. The summed E-state index contributed by atoms with van der Waals surface area (Å²) in [6.07, 6.45) is 4.50. The van der Waals surface area contributed by atoms with Crippen molar-refractivity contribution in [3.05, 3.63) is 65.5 Å². The van der Waals surface area contributed by atoms with Gasteiger partial charge in [0.1, 0.15) is 11.6 Å². The molecule has 1 amide bonds. The summed E-state index contributed by atoms with van der Waals surface area (Å²) in [5, 5.41) is 10.1. The van der Waals surface area contributed by atoms with Crippen LogP contribution in [0, 0.1) is 11.6 Å². The predicted molar refractivity (Wildman–Crippen MR) is 81.1 cm³/mol. The number of carbonyl (C=O) groups is 1. The Labute approximate surface area is 130 Å². The van der Waals surface area contributed by atoms with Crippen molar-refractivity contribution in [2.75, 3.05) is 0 Å². The third-order valence-electron chi connectivity index (χ3n) is 3.23. The highest BCUT2D eigenvalue weighted by atomic mass is 19.1. The molecule has 116 valence electrons. The van der Waals surface area contributed by atoms with Crippen LogP contribution in [0.25, 0.3) is 17.1 Å². The molecule has 2 aromatic heterocycles. The van der Waals surface area contributed by atoms with Crippen LogP contribution in [-0.2, 0) is 11.3 Å². The Morgan fingerprint density at radius 2 is 2.17 bits per heavy atom. The van der Waals surface area contributed by atoms with Gasteiger partial charge in [-0.1, -0.05) is 6.07 Å². The fraction of sp³-hybridized carbons (Fsp3) is 0.0625. The first-order valence-electron chi connectivity index (χ1n) is 6.82. The van der Waals surface area contributed by atoms with Gasteiger partial charge in [0.05, 0.1) is 5.69 Å². The van der Waals surface area contributed by atoms with Crippen molar-refractivity contribution in [3.63, 3.8) is 0 Å². The lowest BCUT2D eigenvalue weighted by Gasteiger charge is -2.04. The molecule has 0 saturated carbocycles. The standard InChI is InChI=1S/C16H12F2N4O/c17-11-4-3-10(13(18)8-11)9-20-15(23)6-5-14-12-2-1-7-19-16(12)22-21-14/h1-8H,9H2,(H,20,23)(H,19,21,22)/b6-5+. The molecule has 2 heterocycles. The predicted octanol–water partition coefficient (Wildman–Crippen LogP) is 2.57. The molecular weight excluding hydrogens is 302 g/mol. The first-order valence-corrected chi connectivity index (χ1v) is 6.82. The molecule has 0 aliphatic carbocycles. The number of benzene rings is 1. The normalized spacial score (nSPS) is 11.2. The number of hydrogen-bond donors (Lipinski definition) is 2. The number of fused-ring (bicyclic) bond motifs is 1. The van der Waals surface area contributed by atoms with E-state index in [0.717, 1.165) is 17.5 Å². The Bertz CT molecular complexity index is 889. The lowest BCUT2D eigenvalue weighted by Crippen LogP contribution is -2.20. The van der Waals surface area contributed by atoms with Crippen LogP contribution in [0.2, 0.25) is 0 Å². The molecule has 0 radical (unpaired) electrons. The van der Waals surface area contributed by atoms with Gasteiger partial charge in [0.2, 0.25) is 5.91 Å². The van der Waals surface area contributed by atoms with E-state index in [9.17, 15) is 13.6 Å². The van der Waals surface area contributed by atoms with E-state index >= 15 is 0 Å². The Morgan fingerprint density at radius 1 is 1.30 bits per heavy atom. The zero-order chi connectivity index (χ0) is 16.2. The first kappa shape index (κ1) is 14.8. The van der Waals surface area contributed by atoms with E-state index in [0.29, 0.717) is 11.3 Å². The van der Waals surface area contributed by atoms with Gasteiger partial charge in [0.25, 0.3) is 0 Å². The molecule has 0 aliphatic rings. The lowest BCUT2D eigenvalue weighted by atomic mass is 10.2. The summed E-state index contributed by atoms with van der Waals surface area (Å²) < 4.78 is 26.3. The van der Waals surface area contributed by atoms with Gasteiger partial charge in [-0.2, -0.15) is 5.10 Å². The van der Waals surface area contributed by atoms with Gasteiger partial charge >= 0.3 is 0 Å². The number of aromatic amines is 1. The van der Waals surface area contributed by atoms with Crippen LogP contribution >= 0.6 is 0 Å². The SMILES string of the molecule is O=C(/C=C/c1[nH]nc2ncccc12)NCc1ccc(F)cc1F. The van der Waals surface area contributed by atoms with E-state index in [1.807, 2.05) is 6.07 Å². The van der Waals surface area contributed by atoms with E-state index in [1.165, 1.54) is 12.1 Å². The molecule has 0 fully saturated rings. The maximum Gasteiger partial charge on any atom is 0.244 e. The summed E-state index contributed by atoms with van der Waals surface area (Å²) >= 11 is 0. The number of amides is 1. The molecule has 1 aromatic carbocycles. The van der Waals surface area contributed by atoms with Gasteiger partial charge in [-0.3, -0.25) is 9.89 Å². The van der Waals surface area contributed by atoms with Crippen LogP contribution in [-0.4, -0.2) is 21.1 Å². The molecular formula is C16H12F2N4O. The fourth-order valence-corrected chi connectivity index (χ4v) is 2.06. The lowest BCUT2D eigenvalue weighted by molar-refractivity contribution is -0.116. The van der Waals surface area contributed by atoms with Crippen molar-refractivity contribution < 1.29 is 13.6 Å². The Balaban J connectivity index is 1.65. The smallest absolute Gasteiger partial charge is 0.244 e. The van der Waals surface area contributed by atoms with E-state index in [1.54, 1.807) is 18.3 Å². The Kier molecular flexibility index (Phi) is 4.09. The minimum atomic E-state index is -0.695. The molecule has 0 spiro atoms. The number of aromatic nitrogens is 3. The molecule has 3 aromatic rings. The van der Waals surface area contributed by atoms with Gasteiger partial charge < -0.3 is 5.32 Å². The number of pyridine rings is 1. The second-order valence-corrected chi connectivity index (χ2v) is 4.80. The number of nitrogens with one attached hydrogen (secondary N) is 2. The van der Waals surface area contributed by atoms with Crippen molar-refractivity contribution in [3.8, 4) is 0 Å². The molecule has 0 unspecified atom stereocenters. The van der Waals surface area contributed by atoms with E-state index in [-0.39, 0.29) is 12.1 Å². The number of H-pyrrole nitrogens is 1. The molecule has 23 heavy (non-hydrogen) atoms. The van der Waals surface area contributed by atoms with Gasteiger partial charge in [0, 0.05) is 35.8 Å². The summed E-state index contributed by atoms with van der Waals surface area (Å²) in [7, 11) is 0. The van der Waals surface area contributed by atoms with Gasteiger partial charge in [-0.15, -0.1) is 0 Å². The van der Waals surface area contributed by atoms with E-state index in [2.05, 4.69) is 20.5 Å². The summed E-state index contributed by atoms with van der Waals surface area (Å²) in [5.41, 5.74) is 1.42. The number of rotatable bonds is 4. The highest BCUT2D eigenvalue weighted by Crippen LogP contribution is 2.14. The molecule has 0 atom stereocenters. The number of halogens is 2. The fourth-order valence-electron chi connectivity index (χ4n) is 2.06. The highest BCUT2D eigenvalue weighted by Gasteiger charge is 2.06. The number of carbonyl (C=O) groups excluding carboxylic acids is 1. The third-order valence-corrected chi connectivity index (χ3v) is 3.23. The van der Waals surface area contributed by atoms with Crippen molar-refractivity contribution in [1.82, 2.24) is 20.5 Å². The van der Waals surface area contributed by atoms with Crippen molar-refractivity contribution in [2.45, 2.75) is 6.54 Å². The highest BCUT2D eigenvalue weighted by molar-refractivity contribution is 5.94. The van der Waals surface area contributed by atoms with Crippen LogP contribution in [0.15, 0.2) is 42.6 Å². The quantitative estimate of drug-likeness (QED) is 0.727. The second kappa shape index (κ2) is 6.35. The number of hydrogen-bond acceptors (Lipinski definition) is 3. The molecule has 0 saturated heterocycles. The zero-order valence-corrected chi connectivity index (χ0v) is 11.9. The van der Waals surface area contributed by atoms with Crippen LogP contribution in [0.5, 0.6) is 0 Å². The summed E-state index contributed by atoms with van der Waals surface area (Å²) in [6.45, 7) is -0.0272.